The predicted molar refractivity (Wildman–Crippen MR) is 69.8 cm³/mol. The van der Waals surface area contributed by atoms with E-state index in [1.165, 1.54) is 7.11 Å². The topological polar surface area (TPSA) is 64.8 Å². The van der Waals surface area contributed by atoms with Gasteiger partial charge in [0.05, 0.1) is 36.8 Å². The molecule has 1 unspecified atom stereocenters. The number of methoxy groups -OCH3 is 1. The van der Waals surface area contributed by atoms with E-state index in [0.29, 0.717) is 17.9 Å². The summed E-state index contributed by atoms with van der Waals surface area (Å²) in [5, 5.41) is 0. The average Bonchev–Trinajstić information content (AvgIpc) is 2.37. The van der Waals surface area contributed by atoms with E-state index >= 15 is 0 Å². The second-order valence-corrected chi connectivity index (χ2v) is 4.39. The number of ether oxygens (including phenoxy) is 2. The Morgan fingerprint density at radius 2 is 2.33 bits per heavy atom. The number of esters is 1. The number of carbonyl (C=O) groups excluding carboxylic acids is 1. The molecule has 1 aliphatic rings. The maximum absolute atomic E-state index is 11.4. The molecule has 5 heteroatoms. The minimum atomic E-state index is -0.372. The number of morpholine rings is 1. The summed E-state index contributed by atoms with van der Waals surface area (Å²) in [6.07, 6.45) is 0.193. The zero-order chi connectivity index (χ0) is 13.1. The van der Waals surface area contributed by atoms with Gasteiger partial charge in [0.2, 0.25) is 0 Å². The van der Waals surface area contributed by atoms with E-state index in [1.54, 1.807) is 12.1 Å². The van der Waals surface area contributed by atoms with Crippen molar-refractivity contribution < 1.29 is 14.3 Å². The Balaban J connectivity index is 2.21. The first kappa shape index (κ1) is 12.7. The average molecular weight is 250 g/mol. The van der Waals surface area contributed by atoms with Crippen LogP contribution in [0.5, 0.6) is 0 Å². The largest absolute Gasteiger partial charge is 0.465 e. The molecule has 1 heterocycles. The molecule has 0 saturated carbocycles. The molecule has 0 bridgehead atoms. The minimum Gasteiger partial charge on any atom is -0.465 e. The van der Waals surface area contributed by atoms with E-state index in [0.717, 1.165) is 18.8 Å². The fraction of sp³-hybridized carbons (Fsp3) is 0.462. The summed E-state index contributed by atoms with van der Waals surface area (Å²) in [6.45, 7) is 4.35. The van der Waals surface area contributed by atoms with Crippen LogP contribution >= 0.6 is 0 Å². The van der Waals surface area contributed by atoms with Crippen molar-refractivity contribution in [3.8, 4) is 0 Å². The van der Waals surface area contributed by atoms with Crippen LogP contribution in [0.15, 0.2) is 18.2 Å². The van der Waals surface area contributed by atoms with Crippen LogP contribution in [0.2, 0.25) is 0 Å². The van der Waals surface area contributed by atoms with E-state index in [2.05, 4.69) is 9.64 Å². The summed E-state index contributed by atoms with van der Waals surface area (Å²) in [7, 11) is 1.36. The normalized spacial score (nSPS) is 19.7. The lowest BCUT2D eigenvalue weighted by Gasteiger charge is -2.33. The maximum Gasteiger partial charge on any atom is 0.337 e. The number of nitrogens with two attached hydrogens (primary N) is 1. The van der Waals surface area contributed by atoms with E-state index in [4.69, 9.17) is 10.5 Å². The molecule has 0 radical (unpaired) electrons. The number of carbonyl (C=O) groups is 1. The highest BCUT2D eigenvalue weighted by Gasteiger charge is 2.19. The quantitative estimate of drug-likeness (QED) is 0.632. The SMILES string of the molecule is COC(=O)c1ccc(N2CCOC(C)C2)c(N)c1. The first-order chi connectivity index (χ1) is 8.61. The highest BCUT2D eigenvalue weighted by molar-refractivity contribution is 5.92. The van der Waals surface area contributed by atoms with Crippen LogP contribution in [0.25, 0.3) is 0 Å². The van der Waals surface area contributed by atoms with Crippen LogP contribution in [0, 0.1) is 0 Å². The third kappa shape index (κ3) is 2.56. The Kier molecular flexibility index (Phi) is 3.72. The van der Waals surface area contributed by atoms with E-state index in [9.17, 15) is 4.79 Å². The van der Waals surface area contributed by atoms with Gasteiger partial charge in [-0.2, -0.15) is 0 Å². The van der Waals surface area contributed by atoms with Gasteiger partial charge in [0, 0.05) is 13.1 Å². The van der Waals surface area contributed by atoms with Gasteiger partial charge >= 0.3 is 5.97 Å². The van der Waals surface area contributed by atoms with Crippen molar-refractivity contribution in [2.45, 2.75) is 13.0 Å². The molecule has 0 aromatic heterocycles. The van der Waals surface area contributed by atoms with Gasteiger partial charge in [0.1, 0.15) is 0 Å². The lowest BCUT2D eigenvalue weighted by Crippen LogP contribution is -2.41. The molecule has 0 aliphatic carbocycles. The van der Waals surface area contributed by atoms with Crippen LogP contribution in [0.1, 0.15) is 17.3 Å². The van der Waals surface area contributed by atoms with Gasteiger partial charge in [-0.05, 0) is 25.1 Å². The Morgan fingerprint density at radius 3 is 2.94 bits per heavy atom. The zero-order valence-corrected chi connectivity index (χ0v) is 10.7. The van der Waals surface area contributed by atoms with Gasteiger partial charge in [0.25, 0.3) is 0 Å². The molecule has 1 atom stereocenters. The third-order valence-electron chi connectivity index (χ3n) is 3.03. The van der Waals surface area contributed by atoms with E-state index in [-0.39, 0.29) is 12.1 Å². The molecule has 0 amide bonds. The highest BCUT2D eigenvalue weighted by atomic mass is 16.5. The molecule has 18 heavy (non-hydrogen) atoms. The molecule has 2 N–H and O–H groups in total. The van der Waals surface area contributed by atoms with Gasteiger partial charge in [0.15, 0.2) is 0 Å². The molecule has 0 spiro atoms. The Bertz CT molecular complexity index is 448. The summed E-state index contributed by atoms with van der Waals surface area (Å²) in [5.41, 5.74) is 8.00. The molecule has 1 aliphatic heterocycles. The number of anilines is 2. The molecule has 1 aromatic carbocycles. The van der Waals surface area contributed by atoms with Crippen molar-refractivity contribution in [1.29, 1.82) is 0 Å². The van der Waals surface area contributed by atoms with Crippen molar-refractivity contribution in [3.05, 3.63) is 23.8 Å². The molecule has 5 nitrogen and oxygen atoms in total. The predicted octanol–water partition coefficient (Wildman–Crippen LogP) is 1.28. The van der Waals surface area contributed by atoms with Crippen LogP contribution in [-0.2, 0) is 9.47 Å². The first-order valence-electron chi connectivity index (χ1n) is 5.96. The molecule has 2 rings (SSSR count). The second-order valence-electron chi connectivity index (χ2n) is 4.39. The lowest BCUT2D eigenvalue weighted by molar-refractivity contribution is 0.0532. The number of nitrogens with zero attached hydrogens (tertiary/aromatic N) is 1. The summed E-state index contributed by atoms with van der Waals surface area (Å²) in [6, 6.07) is 5.25. The fourth-order valence-electron chi connectivity index (χ4n) is 2.12. The van der Waals surface area contributed by atoms with Crippen molar-refractivity contribution in [2.75, 3.05) is 37.4 Å². The zero-order valence-electron chi connectivity index (χ0n) is 10.7. The number of benzene rings is 1. The molecular formula is C13H18N2O3. The fourth-order valence-corrected chi connectivity index (χ4v) is 2.12. The van der Waals surface area contributed by atoms with Gasteiger partial charge in [-0.25, -0.2) is 4.79 Å². The van der Waals surface area contributed by atoms with E-state index < -0.39 is 0 Å². The van der Waals surface area contributed by atoms with E-state index in [1.807, 2.05) is 13.0 Å². The lowest BCUT2D eigenvalue weighted by atomic mass is 10.1. The summed E-state index contributed by atoms with van der Waals surface area (Å²) >= 11 is 0. The van der Waals surface area contributed by atoms with Crippen LogP contribution < -0.4 is 10.6 Å². The van der Waals surface area contributed by atoms with Gasteiger partial charge < -0.3 is 20.1 Å². The molecule has 98 valence electrons. The summed E-state index contributed by atoms with van der Waals surface area (Å²) in [5.74, 6) is -0.372. The highest BCUT2D eigenvalue weighted by Crippen LogP contribution is 2.26. The Labute approximate surface area is 106 Å². The number of hydrogen-bond donors (Lipinski definition) is 1. The van der Waals surface area contributed by atoms with Crippen molar-refractivity contribution in [2.24, 2.45) is 0 Å². The van der Waals surface area contributed by atoms with Gasteiger partial charge in [-0.3, -0.25) is 0 Å². The second kappa shape index (κ2) is 5.27. The van der Waals surface area contributed by atoms with Gasteiger partial charge in [-0.1, -0.05) is 0 Å². The van der Waals surface area contributed by atoms with Crippen molar-refractivity contribution in [1.82, 2.24) is 0 Å². The van der Waals surface area contributed by atoms with Crippen molar-refractivity contribution >= 4 is 17.3 Å². The van der Waals surface area contributed by atoms with Crippen LogP contribution in [0.3, 0.4) is 0 Å². The standard InChI is InChI=1S/C13H18N2O3/c1-9-8-15(5-6-18-9)12-4-3-10(7-11(12)14)13(16)17-2/h3-4,7,9H,5-6,8,14H2,1-2H3. The van der Waals surface area contributed by atoms with Crippen LogP contribution in [0.4, 0.5) is 11.4 Å². The third-order valence-corrected chi connectivity index (χ3v) is 3.03. The summed E-state index contributed by atoms with van der Waals surface area (Å²) in [4.78, 5) is 13.6. The smallest absolute Gasteiger partial charge is 0.337 e. The van der Waals surface area contributed by atoms with Gasteiger partial charge in [-0.15, -0.1) is 0 Å². The molecule has 1 fully saturated rings. The summed E-state index contributed by atoms with van der Waals surface area (Å²) < 4.78 is 10.2. The Hall–Kier alpha value is -1.75. The number of hydrogen-bond acceptors (Lipinski definition) is 5. The molecule has 1 saturated heterocycles. The first-order valence-corrected chi connectivity index (χ1v) is 5.96. The van der Waals surface area contributed by atoms with Crippen LogP contribution in [-0.4, -0.2) is 38.9 Å². The molecule has 1 aromatic rings. The molecular weight excluding hydrogens is 232 g/mol. The Morgan fingerprint density at radius 1 is 1.56 bits per heavy atom. The number of rotatable bonds is 2. The maximum atomic E-state index is 11.4. The number of nitrogen functional groups attached to an aromatic ring is 1. The minimum absolute atomic E-state index is 0.193. The monoisotopic (exact) mass is 250 g/mol. The van der Waals surface area contributed by atoms with Crippen molar-refractivity contribution in [3.63, 3.8) is 0 Å².